The molecule has 28 heavy (non-hydrogen) atoms. The van der Waals surface area contributed by atoms with Crippen LogP contribution in [0, 0.1) is 0 Å². The first kappa shape index (κ1) is 21.1. The highest BCUT2D eigenvalue weighted by Crippen LogP contribution is 2.34. The Hall–Kier alpha value is -1.66. The van der Waals surface area contributed by atoms with Crippen molar-refractivity contribution in [2.45, 2.75) is 76.7 Å². The van der Waals surface area contributed by atoms with E-state index in [4.69, 9.17) is 0 Å². The molecule has 4 atom stereocenters. The third-order valence-corrected chi connectivity index (χ3v) is 6.40. The highest BCUT2D eigenvalue weighted by atomic mass is 16.2. The van der Waals surface area contributed by atoms with Gasteiger partial charge in [0.25, 0.3) is 0 Å². The maximum Gasteiger partial charge on any atom is 0.246 e. The van der Waals surface area contributed by atoms with Crippen LogP contribution in [0.3, 0.4) is 0 Å². The van der Waals surface area contributed by atoms with Gasteiger partial charge in [-0.2, -0.15) is 0 Å². The quantitative estimate of drug-likeness (QED) is 0.676. The number of hydrogen-bond acceptors (Lipinski definition) is 4. The van der Waals surface area contributed by atoms with Gasteiger partial charge in [-0.25, -0.2) is 0 Å². The first-order chi connectivity index (χ1) is 13.4. The van der Waals surface area contributed by atoms with Crippen LogP contribution in [-0.2, 0) is 9.59 Å². The zero-order valence-electron chi connectivity index (χ0n) is 17.6. The molecule has 6 heteroatoms. The summed E-state index contributed by atoms with van der Waals surface area (Å²) in [4.78, 5) is 30.8. The Morgan fingerprint density at radius 2 is 1.89 bits per heavy atom. The number of fused-ring (bicyclic) bond motifs is 1. The van der Waals surface area contributed by atoms with Gasteiger partial charge in [0.05, 0.1) is 6.04 Å². The Morgan fingerprint density at radius 1 is 1.11 bits per heavy atom. The molecule has 0 saturated carbocycles. The summed E-state index contributed by atoms with van der Waals surface area (Å²) >= 11 is 0. The predicted octanol–water partition coefficient (Wildman–Crippen LogP) is 1.78. The van der Waals surface area contributed by atoms with Crippen LogP contribution in [0.15, 0.2) is 24.8 Å². The number of nitrogens with one attached hydrogen (secondary N) is 1. The normalized spacial score (nSPS) is 29.1. The van der Waals surface area contributed by atoms with E-state index in [9.17, 15) is 9.59 Å². The fourth-order valence-corrected chi connectivity index (χ4v) is 4.95. The molecular weight excluding hydrogens is 352 g/mol. The van der Waals surface area contributed by atoms with Gasteiger partial charge in [0.2, 0.25) is 11.8 Å². The molecular formula is C22H36N4O2. The van der Waals surface area contributed by atoms with Crippen molar-refractivity contribution in [1.82, 2.24) is 20.0 Å². The Balaban J connectivity index is 1.43. The van der Waals surface area contributed by atoms with Crippen molar-refractivity contribution in [3.8, 4) is 0 Å². The molecule has 3 aliphatic rings. The van der Waals surface area contributed by atoms with E-state index >= 15 is 0 Å². The lowest BCUT2D eigenvalue weighted by molar-refractivity contribution is -0.131. The van der Waals surface area contributed by atoms with E-state index in [0.29, 0.717) is 30.2 Å². The maximum absolute atomic E-state index is 12.5. The van der Waals surface area contributed by atoms with Crippen LogP contribution in [0.25, 0.3) is 0 Å². The van der Waals surface area contributed by atoms with E-state index in [2.05, 4.69) is 37.6 Å². The van der Waals surface area contributed by atoms with Crippen molar-refractivity contribution in [2.24, 2.45) is 0 Å². The predicted molar refractivity (Wildman–Crippen MR) is 112 cm³/mol. The summed E-state index contributed by atoms with van der Waals surface area (Å²) in [5, 5.41) is 3.55. The fraction of sp³-hybridized carbons (Fsp3) is 0.727. The first-order valence-corrected chi connectivity index (χ1v) is 10.8. The van der Waals surface area contributed by atoms with Crippen molar-refractivity contribution < 1.29 is 9.59 Å². The Labute approximate surface area is 169 Å². The maximum atomic E-state index is 12.5. The molecule has 156 valence electrons. The topological polar surface area (TPSA) is 55.9 Å². The molecule has 4 unspecified atom stereocenters. The summed E-state index contributed by atoms with van der Waals surface area (Å²) in [5.74, 6) is 0.185. The van der Waals surface area contributed by atoms with Gasteiger partial charge < -0.3 is 15.1 Å². The molecule has 0 aliphatic carbocycles. The van der Waals surface area contributed by atoms with Gasteiger partial charge in [0.15, 0.2) is 0 Å². The van der Waals surface area contributed by atoms with Crippen molar-refractivity contribution in [2.75, 3.05) is 26.2 Å². The number of carbonyl (C=O) groups is 2. The number of nitrogens with zero attached hydrogens (tertiary/aromatic N) is 3. The summed E-state index contributed by atoms with van der Waals surface area (Å²) in [6, 6.07) is 2.06. The van der Waals surface area contributed by atoms with Crippen LogP contribution >= 0.6 is 0 Å². The molecule has 6 nitrogen and oxygen atoms in total. The molecule has 3 aliphatic heterocycles. The lowest BCUT2D eigenvalue weighted by Crippen LogP contribution is -2.64. The Bertz CT molecular complexity index is 618. The van der Waals surface area contributed by atoms with Crippen LogP contribution in [0.1, 0.15) is 46.5 Å². The van der Waals surface area contributed by atoms with E-state index in [1.54, 1.807) is 6.08 Å². The Kier molecular flexibility index (Phi) is 6.94. The molecule has 0 aromatic heterocycles. The summed E-state index contributed by atoms with van der Waals surface area (Å²) < 4.78 is 0. The molecule has 0 radical (unpaired) electrons. The molecule has 3 saturated heterocycles. The zero-order valence-corrected chi connectivity index (χ0v) is 17.6. The second-order valence-electron chi connectivity index (χ2n) is 8.79. The molecule has 3 fully saturated rings. The summed E-state index contributed by atoms with van der Waals surface area (Å²) in [7, 11) is 0. The average molecular weight is 389 g/mol. The molecule has 0 bridgehead atoms. The van der Waals surface area contributed by atoms with E-state index in [1.807, 2.05) is 15.9 Å². The third kappa shape index (κ3) is 4.66. The summed E-state index contributed by atoms with van der Waals surface area (Å²) in [6.07, 6.45) is 9.32. The van der Waals surface area contributed by atoms with Gasteiger partial charge in [-0.3, -0.25) is 14.5 Å². The SMILES string of the molecule is C=CC(=O)N1CCC2C1CN2C(C)C/C=C/C(=O)N1CCCC(NC(C)C)C1. The molecule has 3 rings (SSSR count). The minimum atomic E-state index is 0.0529. The van der Waals surface area contributed by atoms with Crippen LogP contribution in [0.5, 0.6) is 0 Å². The zero-order chi connectivity index (χ0) is 20.3. The molecule has 2 amide bonds. The van der Waals surface area contributed by atoms with Crippen molar-refractivity contribution >= 4 is 11.8 Å². The highest BCUT2D eigenvalue weighted by Gasteiger charge is 2.49. The smallest absolute Gasteiger partial charge is 0.246 e. The van der Waals surface area contributed by atoms with Gasteiger partial charge in [-0.15, -0.1) is 0 Å². The third-order valence-electron chi connectivity index (χ3n) is 6.40. The second kappa shape index (κ2) is 9.23. The Morgan fingerprint density at radius 3 is 2.61 bits per heavy atom. The van der Waals surface area contributed by atoms with E-state index in [0.717, 1.165) is 51.9 Å². The van der Waals surface area contributed by atoms with Gasteiger partial charge in [0.1, 0.15) is 0 Å². The van der Waals surface area contributed by atoms with E-state index in [1.165, 1.54) is 6.08 Å². The fourth-order valence-electron chi connectivity index (χ4n) is 4.95. The molecule has 3 heterocycles. The number of piperidine rings is 1. The van der Waals surface area contributed by atoms with Crippen molar-refractivity contribution in [3.63, 3.8) is 0 Å². The lowest BCUT2D eigenvalue weighted by Gasteiger charge is -2.49. The average Bonchev–Trinajstić information content (AvgIpc) is 2.96. The number of likely N-dealkylation sites (tertiary alicyclic amines) is 3. The molecule has 0 spiro atoms. The number of carbonyl (C=O) groups excluding carboxylic acids is 2. The van der Waals surface area contributed by atoms with Gasteiger partial charge in [-0.05, 0) is 44.8 Å². The second-order valence-corrected chi connectivity index (χ2v) is 8.79. The molecule has 0 aromatic rings. The van der Waals surface area contributed by atoms with E-state index in [-0.39, 0.29) is 11.8 Å². The monoisotopic (exact) mass is 388 g/mol. The number of rotatable bonds is 7. The van der Waals surface area contributed by atoms with Crippen LogP contribution in [0.4, 0.5) is 0 Å². The minimum absolute atomic E-state index is 0.0529. The lowest BCUT2D eigenvalue weighted by atomic mass is 9.93. The van der Waals surface area contributed by atoms with Crippen molar-refractivity contribution in [1.29, 1.82) is 0 Å². The van der Waals surface area contributed by atoms with E-state index < -0.39 is 0 Å². The largest absolute Gasteiger partial charge is 0.338 e. The standard InChI is InChI=1S/C22H36N4O2/c1-5-21(27)25-13-11-19-20(25)15-26(19)17(4)8-6-10-22(28)24-12-7-9-18(14-24)23-16(2)3/h5-6,10,16-20,23H,1,7-9,11-15H2,2-4H3/b10-6+. The van der Waals surface area contributed by atoms with Gasteiger partial charge >= 0.3 is 0 Å². The highest BCUT2D eigenvalue weighted by molar-refractivity contribution is 5.88. The minimum Gasteiger partial charge on any atom is -0.338 e. The van der Waals surface area contributed by atoms with Crippen LogP contribution in [0.2, 0.25) is 0 Å². The van der Waals surface area contributed by atoms with Crippen LogP contribution < -0.4 is 5.32 Å². The molecule has 1 N–H and O–H groups in total. The van der Waals surface area contributed by atoms with Crippen LogP contribution in [-0.4, -0.2) is 82.9 Å². The van der Waals surface area contributed by atoms with Gasteiger partial charge in [-0.1, -0.05) is 26.5 Å². The summed E-state index contributed by atoms with van der Waals surface area (Å²) in [5.41, 5.74) is 0. The van der Waals surface area contributed by atoms with Crippen molar-refractivity contribution in [3.05, 3.63) is 24.8 Å². The number of hydrogen-bond donors (Lipinski definition) is 1. The molecule has 0 aromatic carbocycles. The van der Waals surface area contributed by atoms with Gasteiger partial charge in [0, 0.05) is 50.3 Å². The first-order valence-electron chi connectivity index (χ1n) is 10.8. The number of amides is 2. The summed E-state index contributed by atoms with van der Waals surface area (Å²) in [6.45, 7) is 13.6.